The fourth-order valence-corrected chi connectivity index (χ4v) is 2.36. The average molecular weight is 307 g/mol. The van der Waals surface area contributed by atoms with Crippen molar-refractivity contribution in [3.05, 3.63) is 36.0 Å². The quantitative estimate of drug-likeness (QED) is 0.730. The number of nitrogen functional groups attached to an aromatic ring is 1. The zero-order valence-electron chi connectivity index (χ0n) is 12.1. The summed E-state index contributed by atoms with van der Waals surface area (Å²) in [5.41, 5.74) is 8.01. The van der Waals surface area contributed by atoms with E-state index in [9.17, 15) is 0 Å². The van der Waals surface area contributed by atoms with Crippen LogP contribution in [0.5, 0.6) is 6.01 Å². The zero-order chi connectivity index (χ0) is 15.8. The van der Waals surface area contributed by atoms with Gasteiger partial charge in [-0.3, -0.25) is 0 Å². The van der Waals surface area contributed by atoms with Crippen molar-refractivity contribution in [2.45, 2.75) is 6.10 Å². The maximum Gasteiger partial charge on any atom is 0.303 e. The van der Waals surface area contributed by atoms with Gasteiger partial charge in [-0.25, -0.2) is 9.55 Å². The van der Waals surface area contributed by atoms with E-state index in [2.05, 4.69) is 20.9 Å². The Hall–Kier alpha value is -3.11. The van der Waals surface area contributed by atoms with Gasteiger partial charge in [-0.05, 0) is 18.2 Å². The summed E-state index contributed by atoms with van der Waals surface area (Å²) in [4.78, 5) is 12.7. The molecule has 1 saturated heterocycles. The third kappa shape index (κ3) is 2.35. The Labute approximate surface area is 132 Å². The zero-order valence-corrected chi connectivity index (χ0v) is 12.1. The van der Waals surface area contributed by atoms with E-state index in [1.165, 1.54) is 0 Å². The number of fused-ring (bicyclic) bond motifs is 1. The van der Waals surface area contributed by atoms with Crippen LogP contribution in [-0.2, 0) is 4.74 Å². The van der Waals surface area contributed by atoms with Crippen molar-refractivity contribution in [3.63, 3.8) is 0 Å². The molecule has 0 amide bonds. The Morgan fingerprint density at radius 1 is 1.30 bits per heavy atom. The lowest BCUT2D eigenvalue weighted by molar-refractivity contribution is -0.0835. The molecule has 0 aliphatic carbocycles. The fraction of sp³-hybridized carbons (Fsp3) is 0.188. The van der Waals surface area contributed by atoms with E-state index < -0.39 is 0 Å². The minimum Gasteiger partial charge on any atom is -0.456 e. The van der Waals surface area contributed by atoms with E-state index in [1.54, 1.807) is 16.8 Å². The van der Waals surface area contributed by atoms with Crippen LogP contribution < -0.4 is 10.5 Å². The van der Waals surface area contributed by atoms with Crippen LogP contribution in [0.25, 0.3) is 16.9 Å². The molecule has 1 fully saturated rings. The molecule has 4 rings (SSSR count). The van der Waals surface area contributed by atoms with Gasteiger partial charge in [0.05, 0.1) is 24.2 Å². The maximum absolute atomic E-state index is 5.91. The molecular formula is C16H13N5O2. The molecule has 0 bridgehead atoms. The molecule has 0 unspecified atom stereocenters. The monoisotopic (exact) mass is 307 g/mol. The van der Waals surface area contributed by atoms with Crippen molar-refractivity contribution < 1.29 is 9.47 Å². The first kappa shape index (κ1) is 13.5. The third-order valence-corrected chi connectivity index (χ3v) is 3.56. The highest BCUT2D eigenvalue weighted by Crippen LogP contribution is 2.27. The number of ether oxygens (including phenoxy) is 2. The summed E-state index contributed by atoms with van der Waals surface area (Å²) < 4.78 is 12.8. The van der Waals surface area contributed by atoms with Crippen LogP contribution in [0, 0.1) is 12.3 Å². The average Bonchev–Trinajstić information content (AvgIpc) is 2.88. The van der Waals surface area contributed by atoms with Gasteiger partial charge in [-0.2, -0.15) is 9.97 Å². The van der Waals surface area contributed by atoms with E-state index in [4.69, 9.17) is 21.6 Å². The van der Waals surface area contributed by atoms with Gasteiger partial charge in [0.2, 0.25) is 5.95 Å². The second-order valence-electron chi connectivity index (χ2n) is 5.13. The van der Waals surface area contributed by atoms with E-state index in [0.717, 1.165) is 16.6 Å². The standard InChI is InChI=1S/C16H13N5O2/c1-2-10-3-4-12-13(7-10)21(14-5-6-18-15(17)20-14)16(19-12)23-11-8-22-9-11/h1,3-7,11H,8-9H2,(H2,17,18,20). The number of nitrogens with zero attached hydrogens (tertiary/aromatic N) is 4. The molecule has 0 atom stereocenters. The molecule has 2 N–H and O–H groups in total. The number of hydrogen-bond donors (Lipinski definition) is 1. The first-order valence-electron chi connectivity index (χ1n) is 7.07. The normalized spacial score (nSPS) is 14.4. The van der Waals surface area contributed by atoms with Gasteiger partial charge >= 0.3 is 6.01 Å². The van der Waals surface area contributed by atoms with Gasteiger partial charge in [0.25, 0.3) is 0 Å². The number of aromatic nitrogens is 4. The maximum atomic E-state index is 5.91. The first-order valence-corrected chi connectivity index (χ1v) is 7.07. The summed E-state index contributed by atoms with van der Waals surface area (Å²) in [6.07, 6.45) is 7.07. The molecule has 2 aromatic heterocycles. The van der Waals surface area contributed by atoms with Crippen molar-refractivity contribution in [3.8, 4) is 24.2 Å². The van der Waals surface area contributed by atoms with Gasteiger partial charge in [-0.1, -0.05) is 5.92 Å². The molecule has 3 heterocycles. The predicted octanol–water partition coefficient (Wildman–Crippen LogP) is 1.16. The van der Waals surface area contributed by atoms with Crippen molar-refractivity contribution in [2.24, 2.45) is 0 Å². The van der Waals surface area contributed by atoms with Crippen LogP contribution in [0.2, 0.25) is 0 Å². The summed E-state index contributed by atoms with van der Waals surface area (Å²) in [5.74, 6) is 3.37. The second kappa shape index (κ2) is 5.26. The number of nitrogens with two attached hydrogens (primary N) is 1. The number of anilines is 1. The van der Waals surface area contributed by atoms with Crippen molar-refractivity contribution in [1.82, 2.24) is 19.5 Å². The Bertz CT molecular complexity index is 924. The van der Waals surface area contributed by atoms with Crippen molar-refractivity contribution in [2.75, 3.05) is 18.9 Å². The molecule has 0 radical (unpaired) electrons. The van der Waals surface area contributed by atoms with Crippen LogP contribution in [-0.4, -0.2) is 38.8 Å². The van der Waals surface area contributed by atoms with Crippen LogP contribution >= 0.6 is 0 Å². The molecule has 0 saturated carbocycles. The highest BCUT2D eigenvalue weighted by Gasteiger charge is 2.24. The minimum absolute atomic E-state index is 0.0168. The first-order chi connectivity index (χ1) is 11.2. The summed E-state index contributed by atoms with van der Waals surface area (Å²) >= 11 is 0. The summed E-state index contributed by atoms with van der Waals surface area (Å²) in [6.45, 7) is 1.09. The van der Waals surface area contributed by atoms with Gasteiger partial charge < -0.3 is 15.2 Å². The highest BCUT2D eigenvalue weighted by molar-refractivity contribution is 5.80. The highest BCUT2D eigenvalue weighted by atomic mass is 16.6. The molecule has 1 aliphatic rings. The lowest BCUT2D eigenvalue weighted by Crippen LogP contribution is -2.39. The predicted molar refractivity (Wildman–Crippen MR) is 84.2 cm³/mol. The van der Waals surface area contributed by atoms with Gasteiger partial charge in [-0.15, -0.1) is 6.42 Å². The third-order valence-electron chi connectivity index (χ3n) is 3.56. The molecule has 1 aliphatic heterocycles. The second-order valence-corrected chi connectivity index (χ2v) is 5.13. The van der Waals surface area contributed by atoms with E-state index in [0.29, 0.717) is 25.0 Å². The molecule has 3 aromatic rings. The fourth-order valence-electron chi connectivity index (χ4n) is 2.36. The van der Waals surface area contributed by atoms with E-state index in [1.807, 2.05) is 18.2 Å². The molecule has 0 spiro atoms. The molecule has 23 heavy (non-hydrogen) atoms. The van der Waals surface area contributed by atoms with E-state index >= 15 is 0 Å². The Morgan fingerprint density at radius 3 is 2.87 bits per heavy atom. The minimum atomic E-state index is -0.0168. The topological polar surface area (TPSA) is 88.1 Å². The Kier molecular flexibility index (Phi) is 3.10. The summed E-state index contributed by atoms with van der Waals surface area (Å²) in [7, 11) is 0. The van der Waals surface area contributed by atoms with Crippen molar-refractivity contribution >= 4 is 17.0 Å². The van der Waals surface area contributed by atoms with Crippen LogP contribution in [0.15, 0.2) is 30.5 Å². The lowest BCUT2D eigenvalue weighted by Gasteiger charge is -2.26. The Balaban J connectivity index is 1.92. The van der Waals surface area contributed by atoms with Crippen molar-refractivity contribution in [1.29, 1.82) is 0 Å². The largest absolute Gasteiger partial charge is 0.456 e. The van der Waals surface area contributed by atoms with Gasteiger partial charge in [0, 0.05) is 17.8 Å². The number of hydrogen-bond acceptors (Lipinski definition) is 6. The Morgan fingerprint density at radius 2 is 2.17 bits per heavy atom. The molecular weight excluding hydrogens is 294 g/mol. The van der Waals surface area contributed by atoms with Gasteiger partial charge in [0.15, 0.2) is 0 Å². The smallest absolute Gasteiger partial charge is 0.303 e. The van der Waals surface area contributed by atoms with Crippen LogP contribution in [0.4, 0.5) is 5.95 Å². The lowest BCUT2D eigenvalue weighted by atomic mass is 10.2. The number of rotatable bonds is 3. The summed E-state index contributed by atoms with van der Waals surface area (Å²) in [6, 6.07) is 7.73. The van der Waals surface area contributed by atoms with Crippen LogP contribution in [0.1, 0.15) is 5.56 Å². The SMILES string of the molecule is C#Cc1ccc2nc(OC3COC3)n(-c3ccnc(N)n3)c2c1. The number of terminal acetylenes is 1. The molecule has 1 aromatic carbocycles. The molecule has 7 nitrogen and oxygen atoms in total. The van der Waals surface area contributed by atoms with Gasteiger partial charge in [0.1, 0.15) is 11.9 Å². The van der Waals surface area contributed by atoms with E-state index in [-0.39, 0.29) is 12.1 Å². The molecule has 114 valence electrons. The molecule has 7 heteroatoms. The summed E-state index contributed by atoms with van der Waals surface area (Å²) in [5, 5.41) is 0. The number of benzene rings is 1. The number of imidazole rings is 1. The van der Waals surface area contributed by atoms with Crippen LogP contribution in [0.3, 0.4) is 0 Å².